The minimum Gasteiger partial charge on any atom is -0.496 e. The topological polar surface area (TPSA) is 90.0 Å². The fourth-order valence-electron chi connectivity index (χ4n) is 3.42. The van der Waals surface area contributed by atoms with Crippen LogP contribution in [0.5, 0.6) is 17.4 Å². The number of ether oxygens (including phenoxy) is 2. The number of nitrogens with one attached hydrogen (secondary N) is 1. The lowest BCUT2D eigenvalue weighted by Gasteiger charge is -2.12. The van der Waals surface area contributed by atoms with Gasteiger partial charge < -0.3 is 14.5 Å². The number of benzene rings is 2. The Kier molecular flexibility index (Phi) is 5.05. The standard InChI is InChI=1S/C25H18N4O3/c1-31-22-12-14-26-15-19(22)18-5-4-13-27-25(18)32-17-10-8-16(9-11-17)23(30)24-28-20-6-2-3-7-21(20)29-24/h2-15H,1H3,(H,28,29). The Labute approximate surface area is 183 Å². The summed E-state index contributed by atoms with van der Waals surface area (Å²) in [5, 5.41) is 0. The van der Waals surface area contributed by atoms with Crippen molar-refractivity contribution in [3.8, 4) is 28.5 Å². The van der Waals surface area contributed by atoms with E-state index in [1.54, 1.807) is 56.0 Å². The van der Waals surface area contributed by atoms with Crippen molar-refractivity contribution in [1.82, 2.24) is 19.9 Å². The molecular formula is C25H18N4O3. The van der Waals surface area contributed by atoms with Gasteiger partial charge in [-0.05, 0) is 54.6 Å². The van der Waals surface area contributed by atoms with Crippen LogP contribution in [0.15, 0.2) is 85.3 Å². The SMILES string of the molecule is COc1ccncc1-c1cccnc1Oc1ccc(C(=O)c2nc3ccccc3[nH]2)cc1. The van der Waals surface area contributed by atoms with Crippen molar-refractivity contribution in [3.05, 3.63) is 96.7 Å². The zero-order chi connectivity index (χ0) is 21.9. The lowest BCUT2D eigenvalue weighted by atomic mass is 10.1. The molecule has 156 valence electrons. The Morgan fingerprint density at radius 3 is 2.56 bits per heavy atom. The highest BCUT2D eigenvalue weighted by Crippen LogP contribution is 2.36. The number of para-hydroxylation sites is 2. The molecule has 0 saturated carbocycles. The summed E-state index contributed by atoms with van der Waals surface area (Å²) in [6.45, 7) is 0. The van der Waals surface area contributed by atoms with Crippen LogP contribution in [-0.2, 0) is 0 Å². The molecule has 0 unspecified atom stereocenters. The number of aromatic nitrogens is 4. The smallest absolute Gasteiger partial charge is 0.228 e. The van der Waals surface area contributed by atoms with Crippen molar-refractivity contribution >= 4 is 16.8 Å². The van der Waals surface area contributed by atoms with Crippen LogP contribution in [0.4, 0.5) is 0 Å². The van der Waals surface area contributed by atoms with Gasteiger partial charge in [0.1, 0.15) is 11.5 Å². The van der Waals surface area contributed by atoms with Gasteiger partial charge in [0, 0.05) is 35.3 Å². The number of nitrogens with zero attached hydrogens (tertiary/aromatic N) is 3. The molecule has 0 amide bonds. The Bertz CT molecular complexity index is 1380. The normalized spacial score (nSPS) is 10.8. The molecule has 3 heterocycles. The molecular weight excluding hydrogens is 404 g/mol. The van der Waals surface area contributed by atoms with Gasteiger partial charge in [0.25, 0.3) is 0 Å². The molecule has 0 atom stereocenters. The summed E-state index contributed by atoms with van der Waals surface area (Å²) in [5.74, 6) is 1.75. The summed E-state index contributed by atoms with van der Waals surface area (Å²) in [4.78, 5) is 28.8. The molecule has 5 aromatic rings. The third-order valence-corrected chi connectivity index (χ3v) is 5.00. The van der Waals surface area contributed by atoms with Crippen molar-refractivity contribution in [3.63, 3.8) is 0 Å². The predicted molar refractivity (Wildman–Crippen MR) is 120 cm³/mol. The van der Waals surface area contributed by atoms with E-state index in [-0.39, 0.29) is 5.78 Å². The van der Waals surface area contributed by atoms with Crippen LogP contribution in [0, 0.1) is 0 Å². The number of aromatic amines is 1. The van der Waals surface area contributed by atoms with Gasteiger partial charge in [-0.1, -0.05) is 12.1 Å². The van der Waals surface area contributed by atoms with Crippen molar-refractivity contribution in [2.75, 3.05) is 7.11 Å². The van der Waals surface area contributed by atoms with Crippen LogP contribution in [0.3, 0.4) is 0 Å². The van der Waals surface area contributed by atoms with Gasteiger partial charge in [-0.2, -0.15) is 0 Å². The molecule has 1 N–H and O–H groups in total. The number of carbonyl (C=O) groups is 1. The first-order valence-electron chi connectivity index (χ1n) is 9.93. The highest BCUT2D eigenvalue weighted by Gasteiger charge is 2.16. The minimum atomic E-state index is -0.189. The number of fused-ring (bicyclic) bond motifs is 1. The molecule has 7 heteroatoms. The Hall–Kier alpha value is -4.52. The number of hydrogen-bond acceptors (Lipinski definition) is 6. The van der Waals surface area contributed by atoms with E-state index in [0.717, 1.165) is 22.2 Å². The second-order valence-electron chi connectivity index (χ2n) is 6.99. The molecule has 2 aromatic carbocycles. The van der Waals surface area contributed by atoms with Gasteiger partial charge in [0.2, 0.25) is 11.7 Å². The third kappa shape index (κ3) is 3.67. The molecule has 7 nitrogen and oxygen atoms in total. The first-order valence-corrected chi connectivity index (χ1v) is 9.93. The van der Waals surface area contributed by atoms with E-state index in [0.29, 0.717) is 28.8 Å². The summed E-state index contributed by atoms with van der Waals surface area (Å²) < 4.78 is 11.5. The number of methoxy groups -OCH3 is 1. The van der Waals surface area contributed by atoms with E-state index in [4.69, 9.17) is 9.47 Å². The highest BCUT2D eigenvalue weighted by atomic mass is 16.5. The Balaban J connectivity index is 1.40. The third-order valence-electron chi connectivity index (χ3n) is 5.00. The number of rotatable bonds is 6. The van der Waals surface area contributed by atoms with Crippen molar-refractivity contribution in [1.29, 1.82) is 0 Å². The van der Waals surface area contributed by atoms with Crippen LogP contribution < -0.4 is 9.47 Å². The molecule has 0 fully saturated rings. The first-order chi connectivity index (χ1) is 15.7. The zero-order valence-electron chi connectivity index (χ0n) is 17.1. The second kappa shape index (κ2) is 8.31. The fraction of sp³-hybridized carbons (Fsp3) is 0.0400. The van der Waals surface area contributed by atoms with Gasteiger partial charge in [0.15, 0.2) is 5.82 Å². The molecule has 0 saturated heterocycles. The monoisotopic (exact) mass is 422 g/mol. The van der Waals surface area contributed by atoms with E-state index in [2.05, 4.69) is 19.9 Å². The molecule has 32 heavy (non-hydrogen) atoms. The van der Waals surface area contributed by atoms with Gasteiger partial charge >= 0.3 is 0 Å². The molecule has 0 bridgehead atoms. The van der Waals surface area contributed by atoms with E-state index in [9.17, 15) is 4.79 Å². The molecule has 0 spiro atoms. The first kappa shape index (κ1) is 19.4. The van der Waals surface area contributed by atoms with Gasteiger partial charge in [0.05, 0.1) is 18.1 Å². The number of carbonyl (C=O) groups excluding carboxylic acids is 1. The lowest BCUT2D eigenvalue weighted by molar-refractivity contribution is 0.103. The van der Waals surface area contributed by atoms with Gasteiger partial charge in [-0.25, -0.2) is 9.97 Å². The largest absolute Gasteiger partial charge is 0.496 e. The molecule has 5 rings (SSSR count). The van der Waals surface area contributed by atoms with E-state index in [1.807, 2.05) is 36.4 Å². The average Bonchev–Trinajstić information content (AvgIpc) is 3.29. The lowest BCUT2D eigenvalue weighted by Crippen LogP contribution is -2.03. The maximum atomic E-state index is 12.8. The molecule has 0 radical (unpaired) electrons. The van der Waals surface area contributed by atoms with Crippen LogP contribution in [0.2, 0.25) is 0 Å². The summed E-state index contributed by atoms with van der Waals surface area (Å²) in [6.07, 6.45) is 5.02. The van der Waals surface area contributed by atoms with Gasteiger partial charge in [-0.3, -0.25) is 9.78 Å². The van der Waals surface area contributed by atoms with Crippen molar-refractivity contribution in [2.24, 2.45) is 0 Å². The Morgan fingerprint density at radius 1 is 0.906 bits per heavy atom. The number of pyridine rings is 2. The molecule has 0 aliphatic heterocycles. The van der Waals surface area contributed by atoms with E-state index < -0.39 is 0 Å². The number of hydrogen-bond donors (Lipinski definition) is 1. The van der Waals surface area contributed by atoms with Crippen LogP contribution >= 0.6 is 0 Å². The van der Waals surface area contributed by atoms with Crippen LogP contribution in [-0.4, -0.2) is 32.8 Å². The summed E-state index contributed by atoms with van der Waals surface area (Å²) in [6, 6.07) is 19.9. The quantitative estimate of drug-likeness (QED) is 0.385. The maximum absolute atomic E-state index is 12.8. The van der Waals surface area contributed by atoms with E-state index >= 15 is 0 Å². The molecule has 0 aliphatic carbocycles. The number of imidazole rings is 1. The maximum Gasteiger partial charge on any atom is 0.228 e. The summed E-state index contributed by atoms with van der Waals surface area (Å²) in [5.41, 5.74) is 3.61. The van der Waals surface area contributed by atoms with E-state index in [1.165, 1.54) is 0 Å². The number of ketones is 1. The summed E-state index contributed by atoms with van der Waals surface area (Å²) in [7, 11) is 1.60. The fourth-order valence-corrected chi connectivity index (χ4v) is 3.42. The summed E-state index contributed by atoms with van der Waals surface area (Å²) >= 11 is 0. The minimum absolute atomic E-state index is 0.189. The van der Waals surface area contributed by atoms with Gasteiger partial charge in [-0.15, -0.1) is 0 Å². The average molecular weight is 422 g/mol. The second-order valence-corrected chi connectivity index (χ2v) is 6.99. The molecule has 0 aliphatic rings. The highest BCUT2D eigenvalue weighted by molar-refractivity contribution is 6.08. The van der Waals surface area contributed by atoms with Crippen molar-refractivity contribution in [2.45, 2.75) is 0 Å². The Morgan fingerprint density at radius 2 is 1.75 bits per heavy atom. The van der Waals surface area contributed by atoms with Crippen molar-refractivity contribution < 1.29 is 14.3 Å². The van der Waals surface area contributed by atoms with Crippen LogP contribution in [0.1, 0.15) is 16.2 Å². The van der Waals surface area contributed by atoms with Crippen LogP contribution in [0.25, 0.3) is 22.2 Å². The number of H-pyrrole nitrogens is 1. The predicted octanol–water partition coefficient (Wildman–Crippen LogP) is 5.05. The molecule has 3 aromatic heterocycles. The zero-order valence-corrected chi connectivity index (χ0v) is 17.1.